The maximum absolute atomic E-state index is 12.4. The van der Waals surface area contributed by atoms with Gasteiger partial charge in [0.05, 0.1) is 5.69 Å². The number of rotatable bonds is 4. The molecule has 8 nitrogen and oxygen atoms in total. The van der Waals surface area contributed by atoms with E-state index >= 15 is 0 Å². The Bertz CT molecular complexity index is 944. The molecule has 144 valence electrons. The maximum Gasteiger partial charge on any atom is 0.228 e. The second-order valence-corrected chi connectivity index (χ2v) is 7.05. The second-order valence-electron chi connectivity index (χ2n) is 7.05. The van der Waals surface area contributed by atoms with Crippen LogP contribution in [0.4, 0.5) is 11.6 Å². The summed E-state index contributed by atoms with van der Waals surface area (Å²) in [6.45, 7) is 5.50. The molecule has 1 aliphatic rings. The van der Waals surface area contributed by atoms with Crippen molar-refractivity contribution >= 4 is 17.5 Å². The number of carbonyl (C=O) groups excluding carboxylic acids is 1. The van der Waals surface area contributed by atoms with Crippen molar-refractivity contribution in [2.75, 3.05) is 23.3 Å². The van der Waals surface area contributed by atoms with Crippen LogP contribution >= 0.6 is 0 Å². The van der Waals surface area contributed by atoms with Gasteiger partial charge in [0, 0.05) is 30.9 Å². The van der Waals surface area contributed by atoms with Crippen LogP contribution in [0.1, 0.15) is 24.2 Å². The SMILES string of the molecule is Cc1cc(C)n(-c2ccc(N3CCC(C(=O)Nc4ccccn4)CC3)nn2)n1. The number of aryl methyl sites for hydroxylation is 2. The third kappa shape index (κ3) is 3.85. The first-order valence-corrected chi connectivity index (χ1v) is 9.44. The zero-order chi connectivity index (χ0) is 19.5. The van der Waals surface area contributed by atoms with Gasteiger partial charge >= 0.3 is 0 Å². The molecule has 28 heavy (non-hydrogen) atoms. The Labute approximate surface area is 163 Å². The van der Waals surface area contributed by atoms with Crippen LogP contribution in [-0.4, -0.2) is 44.0 Å². The van der Waals surface area contributed by atoms with Gasteiger partial charge in [-0.15, -0.1) is 10.2 Å². The highest BCUT2D eigenvalue weighted by atomic mass is 16.1. The van der Waals surface area contributed by atoms with Crippen molar-refractivity contribution in [1.82, 2.24) is 25.0 Å². The van der Waals surface area contributed by atoms with Crippen molar-refractivity contribution in [3.8, 4) is 5.82 Å². The number of nitrogens with one attached hydrogen (secondary N) is 1. The van der Waals surface area contributed by atoms with Gasteiger partial charge < -0.3 is 10.2 Å². The van der Waals surface area contributed by atoms with E-state index in [-0.39, 0.29) is 11.8 Å². The largest absolute Gasteiger partial charge is 0.355 e. The first-order valence-electron chi connectivity index (χ1n) is 9.44. The number of carbonyl (C=O) groups is 1. The molecule has 3 aromatic heterocycles. The minimum Gasteiger partial charge on any atom is -0.355 e. The van der Waals surface area contributed by atoms with Crippen LogP contribution in [0.25, 0.3) is 5.82 Å². The molecule has 0 bridgehead atoms. The predicted octanol–water partition coefficient (Wildman–Crippen LogP) is 2.53. The van der Waals surface area contributed by atoms with E-state index in [0.717, 1.165) is 43.1 Å². The Balaban J connectivity index is 1.36. The molecular formula is C20H23N7O. The third-order valence-electron chi connectivity index (χ3n) is 4.97. The average Bonchev–Trinajstić information content (AvgIpc) is 3.07. The number of piperidine rings is 1. The van der Waals surface area contributed by atoms with Gasteiger partial charge in [-0.1, -0.05) is 6.07 Å². The lowest BCUT2D eigenvalue weighted by Crippen LogP contribution is -2.38. The van der Waals surface area contributed by atoms with E-state index in [4.69, 9.17) is 0 Å². The quantitative estimate of drug-likeness (QED) is 0.752. The Morgan fingerprint density at radius 1 is 1.07 bits per heavy atom. The molecule has 0 radical (unpaired) electrons. The topological polar surface area (TPSA) is 88.8 Å². The molecule has 1 saturated heterocycles. The summed E-state index contributed by atoms with van der Waals surface area (Å²) >= 11 is 0. The van der Waals surface area contributed by atoms with E-state index in [0.29, 0.717) is 11.6 Å². The van der Waals surface area contributed by atoms with Gasteiger partial charge in [0.25, 0.3) is 0 Å². The zero-order valence-electron chi connectivity index (χ0n) is 16.0. The molecule has 4 heterocycles. The second kappa shape index (κ2) is 7.75. The molecule has 3 aromatic rings. The summed E-state index contributed by atoms with van der Waals surface area (Å²) in [6, 6.07) is 11.4. The van der Waals surface area contributed by atoms with Gasteiger partial charge in [-0.25, -0.2) is 9.67 Å². The van der Waals surface area contributed by atoms with Crippen molar-refractivity contribution < 1.29 is 4.79 Å². The normalized spacial score (nSPS) is 14.9. The first kappa shape index (κ1) is 18.1. The third-order valence-corrected chi connectivity index (χ3v) is 4.97. The van der Waals surface area contributed by atoms with Crippen LogP contribution in [0.3, 0.4) is 0 Å². The minimum absolute atomic E-state index is 0.0137. The highest BCUT2D eigenvalue weighted by molar-refractivity contribution is 5.91. The maximum atomic E-state index is 12.4. The summed E-state index contributed by atoms with van der Waals surface area (Å²) in [7, 11) is 0. The number of amides is 1. The van der Waals surface area contributed by atoms with Gasteiger partial charge in [-0.3, -0.25) is 4.79 Å². The lowest BCUT2D eigenvalue weighted by Gasteiger charge is -2.31. The van der Waals surface area contributed by atoms with E-state index in [2.05, 4.69) is 30.5 Å². The molecule has 1 fully saturated rings. The Hall–Kier alpha value is -3.29. The van der Waals surface area contributed by atoms with Crippen molar-refractivity contribution in [2.24, 2.45) is 5.92 Å². The molecule has 8 heteroatoms. The van der Waals surface area contributed by atoms with Crippen LogP contribution in [0, 0.1) is 19.8 Å². The highest BCUT2D eigenvalue weighted by Crippen LogP contribution is 2.23. The van der Waals surface area contributed by atoms with Crippen molar-refractivity contribution in [3.63, 3.8) is 0 Å². The smallest absolute Gasteiger partial charge is 0.228 e. The van der Waals surface area contributed by atoms with Gasteiger partial charge in [0.1, 0.15) is 5.82 Å². The summed E-state index contributed by atoms with van der Waals surface area (Å²) < 4.78 is 1.79. The van der Waals surface area contributed by atoms with Gasteiger partial charge in [-0.2, -0.15) is 5.10 Å². The summed E-state index contributed by atoms with van der Waals surface area (Å²) in [5, 5.41) is 16.0. The monoisotopic (exact) mass is 377 g/mol. The highest BCUT2D eigenvalue weighted by Gasteiger charge is 2.26. The van der Waals surface area contributed by atoms with Gasteiger partial charge in [0.2, 0.25) is 5.91 Å². The molecule has 4 rings (SSSR count). The molecule has 0 saturated carbocycles. The predicted molar refractivity (Wildman–Crippen MR) is 106 cm³/mol. The number of nitrogens with zero attached hydrogens (tertiary/aromatic N) is 6. The molecule has 1 N–H and O–H groups in total. The van der Waals surface area contributed by atoms with Gasteiger partial charge in [-0.05, 0) is 57.0 Å². The Kier molecular flexibility index (Phi) is 5.01. The molecule has 1 amide bonds. The lowest BCUT2D eigenvalue weighted by molar-refractivity contribution is -0.120. The standard InChI is InChI=1S/C20H23N7O/c1-14-13-15(2)27(25-14)19-7-6-18(23-24-19)26-11-8-16(9-12-26)20(28)22-17-5-3-4-10-21-17/h3-7,10,13,16H,8-9,11-12H2,1-2H3,(H,21,22,28). The van der Waals surface area contributed by atoms with E-state index in [1.54, 1.807) is 16.9 Å². The van der Waals surface area contributed by atoms with E-state index in [9.17, 15) is 4.79 Å². The minimum atomic E-state index is -0.0137. The number of anilines is 2. The number of pyridine rings is 1. The molecule has 1 aliphatic heterocycles. The van der Waals surface area contributed by atoms with Crippen molar-refractivity contribution in [3.05, 3.63) is 54.0 Å². The summed E-state index contributed by atoms with van der Waals surface area (Å²) in [5.41, 5.74) is 1.98. The van der Waals surface area contributed by atoms with E-state index in [1.807, 2.05) is 44.2 Å². The molecule has 0 aromatic carbocycles. The Morgan fingerprint density at radius 3 is 2.43 bits per heavy atom. The average molecular weight is 377 g/mol. The number of hydrogen-bond donors (Lipinski definition) is 1. The number of hydrogen-bond acceptors (Lipinski definition) is 6. The van der Waals surface area contributed by atoms with Gasteiger partial charge in [0.15, 0.2) is 11.6 Å². The van der Waals surface area contributed by atoms with E-state index < -0.39 is 0 Å². The molecule has 0 unspecified atom stereocenters. The summed E-state index contributed by atoms with van der Waals surface area (Å²) in [4.78, 5) is 18.8. The first-order chi connectivity index (χ1) is 13.6. The van der Waals surface area contributed by atoms with Crippen LogP contribution in [0.2, 0.25) is 0 Å². The fourth-order valence-corrected chi connectivity index (χ4v) is 3.50. The molecule has 0 aliphatic carbocycles. The van der Waals surface area contributed by atoms with Crippen LogP contribution in [0.5, 0.6) is 0 Å². The van der Waals surface area contributed by atoms with Crippen molar-refractivity contribution in [2.45, 2.75) is 26.7 Å². The van der Waals surface area contributed by atoms with Crippen LogP contribution in [-0.2, 0) is 4.79 Å². The van der Waals surface area contributed by atoms with Crippen molar-refractivity contribution in [1.29, 1.82) is 0 Å². The Morgan fingerprint density at radius 2 is 1.82 bits per heavy atom. The number of aromatic nitrogens is 5. The molecular weight excluding hydrogens is 354 g/mol. The zero-order valence-corrected chi connectivity index (χ0v) is 16.0. The van der Waals surface area contributed by atoms with E-state index in [1.165, 1.54) is 0 Å². The fraction of sp³-hybridized carbons (Fsp3) is 0.350. The fourth-order valence-electron chi connectivity index (χ4n) is 3.50. The molecule has 0 spiro atoms. The summed E-state index contributed by atoms with van der Waals surface area (Å²) in [5.74, 6) is 2.15. The lowest BCUT2D eigenvalue weighted by atomic mass is 9.96. The van der Waals surface area contributed by atoms with Crippen LogP contribution in [0.15, 0.2) is 42.6 Å². The van der Waals surface area contributed by atoms with Crippen LogP contribution < -0.4 is 10.2 Å². The summed E-state index contributed by atoms with van der Waals surface area (Å²) in [6.07, 6.45) is 3.23. The molecule has 0 atom stereocenters.